The summed E-state index contributed by atoms with van der Waals surface area (Å²) in [6, 6.07) is 63.8. The maximum absolute atomic E-state index is 6.77. The van der Waals surface area contributed by atoms with Crippen molar-refractivity contribution in [1.29, 1.82) is 0 Å². The van der Waals surface area contributed by atoms with E-state index in [2.05, 4.69) is 214 Å². The summed E-state index contributed by atoms with van der Waals surface area (Å²) in [6.07, 6.45) is 9.51. The van der Waals surface area contributed by atoms with Crippen LogP contribution in [0.2, 0.25) is 0 Å². The standard InChI is InChI=1S/C57H42N6O/c1-57(2,3)39-30-32-59-55(33-39)63-50-24-9-6-20-46(50)47-29-28-42(35-54(47)63)64-41-17-12-16-40(34-41)60-37-61(52-26-11-10-25-51(52)60)56-43(38-15-14-31-58-36-38)21-13-27-53(56)62-48-22-7-4-18-44(48)45-19-5-8-23-49(45)62/h4-36H,1-3H3. The molecule has 0 radical (unpaired) electrons. The smallest absolute Gasteiger partial charge is 0.269 e. The molecule has 7 heteroatoms. The van der Waals surface area contributed by atoms with Crippen molar-refractivity contribution in [2.24, 2.45) is 0 Å². The molecule has 7 nitrogen and oxygen atoms in total. The van der Waals surface area contributed by atoms with Crippen LogP contribution in [0.4, 0.5) is 0 Å². The number of benzene rings is 7. The third kappa shape index (κ3) is 6.08. The second kappa shape index (κ2) is 14.7. The van der Waals surface area contributed by atoms with Crippen molar-refractivity contribution in [2.45, 2.75) is 26.2 Å². The van der Waals surface area contributed by atoms with Gasteiger partial charge in [-0.15, -0.1) is 0 Å². The van der Waals surface area contributed by atoms with Gasteiger partial charge in [-0.05, 0) is 94.9 Å². The summed E-state index contributed by atoms with van der Waals surface area (Å²) in [7, 11) is 0. The first kappa shape index (κ1) is 37.5. The highest BCUT2D eigenvalue weighted by Crippen LogP contribution is 2.40. The molecule has 7 aromatic carbocycles. The number of pyridine rings is 2. The van der Waals surface area contributed by atoms with Gasteiger partial charge in [-0.25, -0.2) is 4.98 Å². The Morgan fingerprint density at radius 2 is 1.19 bits per heavy atom. The minimum atomic E-state index is -0.0190. The topological polar surface area (TPSA) is 53.7 Å². The summed E-state index contributed by atoms with van der Waals surface area (Å²) in [5.41, 5.74) is 12.6. The zero-order valence-corrected chi connectivity index (χ0v) is 35.6. The highest BCUT2D eigenvalue weighted by atomic mass is 16.5. The minimum absolute atomic E-state index is 0.0190. The monoisotopic (exact) mass is 826 g/mol. The van der Waals surface area contributed by atoms with E-state index in [1.54, 1.807) is 0 Å². The second-order valence-electron chi connectivity index (χ2n) is 17.3. The molecule has 0 saturated carbocycles. The zero-order chi connectivity index (χ0) is 42.9. The van der Waals surface area contributed by atoms with E-state index in [-0.39, 0.29) is 5.41 Å². The number of imidazole rings is 1. The van der Waals surface area contributed by atoms with Crippen LogP contribution in [0.1, 0.15) is 26.3 Å². The van der Waals surface area contributed by atoms with Gasteiger partial charge in [0.15, 0.2) is 0 Å². The number of para-hydroxylation sites is 6. The SMILES string of the molecule is CC(C)(C)c1ccnc(-n2c3ccccc3c3ccc(Oc4cccc(-[n+]5[c-]n(-c6c(-c7cccnc7)cccc6-n6c7ccccc7c7ccccc76)c6ccccc65)c4)cc32)c1. The number of fused-ring (bicyclic) bond motifs is 7. The lowest BCUT2D eigenvalue weighted by Gasteiger charge is -2.20. The van der Waals surface area contributed by atoms with Crippen molar-refractivity contribution in [3.63, 3.8) is 0 Å². The number of ether oxygens (including phenoxy) is 1. The highest BCUT2D eigenvalue weighted by Gasteiger charge is 2.23. The Bertz CT molecular complexity index is 3700. The molecule has 5 aromatic heterocycles. The molecule has 306 valence electrons. The van der Waals surface area contributed by atoms with Crippen LogP contribution < -0.4 is 9.30 Å². The number of aromatic nitrogens is 6. The van der Waals surface area contributed by atoms with Gasteiger partial charge in [0.1, 0.15) is 17.3 Å². The van der Waals surface area contributed by atoms with Crippen LogP contribution in [-0.4, -0.2) is 23.7 Å². The fourth-order valence-electron chi connectivity index (χ4n) is 9.39. The molecule has 0 spiro atoms. The van der Waals surface area contributed by atoms with Crippen LogP contribution in [-0.2, 0) is 5.41 Å². The van der Waals surface area contributed by atoms with Crippen molar-refractivity contribution in [1.82, 2.24) is 23.7 Å². The summed E-state index contributed by atoms with van der Waals surface area (Å²) < 4.78 is 15.7. The molecule has 0 N–H and O–H groups in total. The van der Waals surface area contributed by atoms with Gasteiger partial charge < -0.3 is 9.30 Å². The van der Waals surface area contributed by atoms with Gasteiger partial charge in [0, 0.05) is 46.2 Å². The Hall–Kier alpha value is -8.29. The molecule has 0 bridgehead atoms. The molecule has 64 heavy (non-hydrogen) atoms. The molecule has 0 aliphatic carbocycles. The summed E-state index contributed by atoms with van der Waals surface area (Å²) >= 11 is 0. The predicted octanol–water partition coefficient (Wildman–Crippen LogP) is 13.4. The van der Waals surface area contributed by atoms with Crippen molar-refractivity contribution in [3.05, 3.63) is 212 Å². The van der Waals surface area contributed by atoms with E-state index in [1.165, 1.54) is 21.7 Å². The Labute approximate surface area is 370 Å². The van der Waals surface area contributed by atoms with E-state index in [1.807, 2.05) is 36.8 Å². The van der Waals surface area contributed by atoms with Gasteiger partial charge in [-0.2, -0.15) is 0 Å². The minimum Gasteiger partial charge on any atom is -0.458 e. The molecule has 12 aromatic rings. The van der Waals surface area contributed by atoms with Gasteiger partial charge in [0.25, 0.3) is 6.33 Å². The molecule has 12 rings (SSSR count). The van der Waals surface area contributed by atoms with Crippen molar-refractivity contribution < 1.29 is 9.30 Å². The quantitative estimate of drug-likeness (QED) is 0.119. The lowest BCUT2D eigenvalue weighted by atomic mass is 9.88. The molecule has 0 aliphatic heterocycles. The van der Waals surface area contributed by atoms with E-state index >= 15 is 0 Å². The van der Waals surface area contributed by atoms with Crippen molar-refractivity contribution in [2.75, 3.05) is 0 Å². The van der Waals surface area contributed by atoms with E-state index < -0.39 is 0 Å². The molecule has 0 saturated heterocycles. The fourth-order valence-corrected chi connectivity index (χ4v) is 9.39. The van der Waals surface area contributed by atoms with Crippen LogP contribution in [0.25, 0.3) is 88.7 Å². The maximum Gasteiger partial charge on any atom is 0.269 e. The van der Waals surface area contributed by atoms with Crippen LogP contribution in [0, 0.1) is 6.33 Å². The summed E-state index contributed by atoms with van der Waals surface area (Å²) in [6.45, 7) is 6.70. The first-order valence-electron chi connectivity index (χ1n) is 21.6. The Morgan fingerprint density at radius 1 is 0.531 bits per heavy atom. The molecule has 0 aliphatic rings. The van der Waals surface area contributed by atoms with E-state index in [0.717, 1.165) is 78.2 Å². The van der Waals surface area contributed by atoms with Crippen molar-refractivity contribution in [3.8, 4) is 45.5 Å². The fraction of sp³-hybridized carbons (Fsp3) is 0.0702. The van der Waals surface area contributed by atoms with Gasteiger partial charge in [0.05, 0.1) is 50.2 Å². The van der Waals surface area contributed by atoms with Crippen LogP contribution >= 0.6 is 0 Å². The van der Waals surface area contributed by atoms with Crippen molar-refractivity contribution >= 4 is 54.6 Å². The van der Waals surface area contributed by atoms with Gasteiger partial charge >= 0.3 is 0 Å². The third-order valence-electron chi connectivity index (χ3n) is 12.4. The number of hydrogen-bond acceptors (Lipinski definition) is 3. The Balaban J connectivity index is 1.00. The average Bonchev–Trinajstić information content (AvgIpc) is 3.99. The molecular formula is C57H42N6O. The highest BCUT2D eigenvalue weighted by molar-refractivity contribution is 6.10. The summed E-state index contributed by atoms with van der Waals surface area (Å²) in [5, 5.41) is 4.72. The molecular weight excluding hydrogens is 785 g/mol. The summed E-state index contributed by atoms with van der Waals surface area (Å²) in [4.78, 5) is 9.44. The average molecular weight is 827 g/mol. The van der Waals surface area contributed by atoms with Crippen LogP contribution in [0.3, 0.4) is 0 Å². The largest absolute Gasteiger partial charge is 0.458 e. The van der Waals surface area contributed by atoms with Gasteiger partial charge in [-0.3, -0.25) is 18.7 Å². The normalized spacial score (nSPS) is 12.0. The molecule has 0 unspecified atom stereocenters. The third-order valence-corrected chi connectivity index (χ3v) is 12.4. The molecule has 0 amide bonds. The number of nitrogens with zero attached hydrogens (tertiary/aromatic N) is 6. The Morgan fingerprint density at radius 3 is 1.91 bits per heavy atom. The van der Waals surface area contributed by atoms with E-state index in [0.29, 0.717) is 5.75 Å². The first-order valence-corrected chi connectivity index (χ1v) is 21.6. The zero-order valence-electron chi connectivity index (χ0n) is 35.6. The summed E-state index contributed by atoms with van der Waals surface area (Å²) in [5.74, 6) is 2.33. The molecule has 0 fully saturated rings. The Kier molecular flexibility index (Phi) is 8.59. The van der Waals surface area contributed by atoms with Crippen LogP contribution in [0.15, 0.2) is 201 Å². The number of hydrogen-bond donors (Lipinski definition) is 0. The van der Waals surface area contributed by atoms with E-state index in [9.17, 15) is 0 Å². The predicted molar refractivity (Wildman–Crippen MR) is 259 cm³/mol. The molecule has 0 atom stereocenters. The maximum atomic E-state index is 6.77. The van der Waals surface area contributed by atoms with Gasteiger partial charge in [-0.1, -0.05) is 124 Å². The lowest BCUT2D eigenvalue weighted by molar-refractivity contribution is -0.572. The number of rotatable bonds is 7. The molecule has 5 heterocycles. The van der Waals surface area contributed by atoms with Crippen LogP contribution in [0.5, 0.6) is 11.5 Å². The second-order valence-corrected chi connectivity index (χ2v) is 17.3. The lowest BCUT2D eigenvalue weighted by Crippen LogP contribution is -2.29. The first-order chi connectivity index (χ1) is 31.4. The van der Waals surface area contributed by atoms with Gasteiger partial charge in [0.2, 0.25) is 0 Å². The van der Waals surface area contributed by atoms with E-state index in [4.69, 9.17) is 9.72 Å².